The Hall–Kier alpha value is -0.0800. The Balaban J connectivity index is 3.63. The van der Waals surface area contributed by atoms with Crippen molar-refractivity contribution in [2.24, 2.45) is 11.3 Å². The monoisotopic (exact) mass is 187 g/mol. The molecule has 0 bridgehead atoms. The van der Waals surface area contributed by atoms with Gasteiger partial charge in [-0.1, -0.05) is 27.7 Å². The van der Waals surface area contributed by atoms with Gasteiger partial charge in [-0.15, -0.1) is 0 Å². The maximum atomic E-state index is 8.73. The quantitative estimate of drug-likeness (QED) is 0.690. The van der Waals surface area contributed by atoms with E-state index in [1.165, 1.54) is 0 Å². The SMILES string of the molecule is CC(CCO)CNC(C)C(C)(C)C. The van der Waals surface area contributed by atoms with Crippen molar-refractivity contribution in [3.8, 4) is 0 Å². The molecule has 0 aliphatic rings. The van der Waals surface area contributed by atoms with Gasteiger partial charge in [-0.25, -0.2) is 0 Å². The van der Waals surface area contributed by atoms with Gasteiger partial charge in [0.15, 0.2) is 0 Å². The normalized spacial score (nSPS) is 17.1. The van der Waals surface area contributed by atoms with Gasteiger partial charge in [-0.3, -0.25) is 0 Å². The van der Waals surface area contributed by atoms with Gasteiger partial charge in [0.1, 0.15) is 0 Å². The van der Waals surface area contributed by atoms with Crippen LogP contribution in [0, 0.1) is 11.3 Å². The molecule has 0 aromatic rings. The fourth-order valence-electron chi connectivity index (χ4n) is 1.01. The van der Waals surface area contributed by atoms with Crippen molar-refractivity contribution in [3.05, 3.63) is 0 Å². The Morgan fingerprint density at radius 3 is 2.15 bits per heavy atom. The predicted octanol–water partition coefficient (Wildman–Crippen LogP) is 2.03. The van der Waals surface area contributed by atoms with E-state index in [-0.39, 0.29) is 0 Å². The van der Waals surface area contributed by atoms with Crippen LogP contribution in [-0.2, 0) is 0 Å². The molecule has 2 atom stereocenters. The highest BCUT2D eigenvalue weighted by Crippen LogP contribution is 2.18. The van der Waals surface area contributed by atoms with Crippen LogP contribution >= 0.6 is 0 Å². The largest absolute Gasteiger partial charge is 0.396 e. The van der Waals surface area contributed by atoms with Crippen LogP contribution in [0.2, 0.25) is 0 Å². The van der Waals surface area contributed by atoms with Crippen LogP contribution in [0.25, 0.3) is 0 Å². The van der Waals surface area contributed by atoms with Crippen molar-refractivity contribution in [3.63, 3.8) is 0 Å². The average molecular weight is 187 g/mol. The number of aliphatic hydroxyl groups is 1. The molecule has 0 aromatic heterocycles. The van der Waals surface area contributed by atoms with E-state index in [1.54, 1.807) is 0 Å². The molecule has 0 rings (SSSR count). The summed E-state index contributed by atoms with van der Waals surface area (Å²) in [4.78, 5) is 0. The molecule has 2 unspecified atom stereocenters. The first kappa shape index (κ1) is 12.9. The summed E-state index contributed by atoms with van der Waals surface area (Å²) in [7, 11) is 0. The number of aliphatic hydroxyl groups excluding tert-OH is 1. The van der Waals surface area contributed by atoms with Crippen LogP contribution in [0.4, 0.5) is 0 Å². The van der Waals surface area contributed by atoms with Gasteiger partial charge in [0.25, 0.3) is 0 Å². The third-order valence-corrected chi connectivity index (χ3v) is 2.69. The molecule has 2 nitrogen and oxygen atoms in total. The summed E-state index contributed by atoms with van der Waals surface area (Å²) in [5.41, 5.74) is 0.318. The number of rotatable bonds is 5. The molecule has 0 aliphatic heterocycles. The fraction of sp³-hybridized carbons (Fsp3) is 1.00. The van der Waals surface area contributed by atoms with Crippen molar-refractivity contribution >= 4 is 0 Å². The smallest absolute Gasteiger partial charge is 0.0434 e. The van der Waals surface area contributed by atoms with E-state index in [9.17, 15) is 0 Å². The van der Waals surface area contributed by atoms with Crippen molar-refractivity contribution in [2.75, 3.05) is 13.2 Å². The lowest BCUT2D eigenvalue weighted by Crippen LogP contribution is -2.39. The van der Waals surface area contributed by atoms with Crippen LogP contribution in [0.1, 0.15) is 41.0 Å². The zero-order valence-corrected chi connectivity index (χ0v) is 9.72. The second kappa shape index (κ2) is 5.61. The number of nitrogens with one attached hydrogen (secondary N) is 1. The first-order valence-electron chi connectivity index (χ1n) is 5.22. The molecular formula is C11H25NO. The summed E-state index contributed by atoms with van der Waals surface area (Å²) in [6.45, 7) is 12.4. The minimum atomic E-state index is 0.298. The molecule has 0 aliphatic carbocycles. The first-order chi connectivity index (χ1) is 5.88. The molecule has 0 saturated carbocycles. The van der Waals surface area contributed by atoms with Crippen molar-refractivity contribution in [1.82, 2.24) is 5.32 Å². The number of hydrogen-bond donors (Lipinski definition) is 2. The van der Waals surface area contributed by atoms with Crippen molar-refractivity contribution in [2.45, 2.75) is 47.1 Å². The van der Waals surface area contributed by atoms with E-state index in [4.69, 9.17) is 5.11 Å². The van der Waals surface area contributed by atoms with Crippen LogP contribution < -0.4 is 5.32 Å². The summed E-state index contributed by atoms with van der Waals surface area (Å²) in [6, 6.07) is 0.522. The molecule has 80 valence electrons. The molecule has 0 amide bonds. The van der Waals surface area contributed by atoms with Gasteiger partial charge in [-0.05, 0) is 31.2 Å². The fourth-order valence-corrected chi connectivity index (χ4v) is 1.01. The summed E-state index contributed by atoms with van der Waals surface area (Å²) in [6.07, 6.45) is 0.893. The van der Waals surface area contributed by atoms with E-state index < -0.39 is 0 Å². The maximum Gasteiger partial charge on any atom is 0.0434 e. The van der Waals surface area contributed by atoms with E-state index in [0.717, 1.165) is 13.0 Å². The van der Waals surface area contributed by atoms with Crippen LogP contribution in [-0.4, -0.2) is 24.3 Å². The first-order valence-corrected chi connectivity index (χ1v) is 5.22. The molecule has 0 fully saturated rings. The van der Waals surface area contributed by atoms with E-state index >= 15 is 0 Å². The van der Waals surface area contributed by atoms with Gasteiger partial charge in [0, 0.05) is 12.6 Å². The van der Waals surface area contributed by atoms with Crippen molar-refractivity contribution in [1.29, 1.82) is 0 Å². The standard InChI is InChI=1S/C11H25NO/c1-9(6-7-13)8-12-10(2)11(3,4)5/h9-10,12-13H,6-8H2,1-5H3. The third-order valence-electron chi connectivity index (χ3n) is 2.69. The third kappa shape index (κ3) is 6.05. The Bertz CT molecular complexity index is 129. The zero-order valence-electron chi connectivity index (χ0n) is 9.72. The van der Waals surface area contributed by atoms with Crippen molar-refractivity contribution < 1.29 is 5.11 Å². The topological polar surface area (TPSA) is 32.3 Å². The molecule has 0 radical (unpaired) electrons. The summed E-state index contributed by atoms with van der Waals surface area (Å²) < 4.78 is 0. The Morgan fingerprint density at radius 1 is 1.23 bits per heavy atom. The molecule has 0 heterocycles. The highest BCUT2D eigenvalue weighted by molar-refractivity contribution is 4.76. The molecule has 0 aromatic carbocycles. The molecule has 0 spiro atoms. The minimum Gasteiger partial charge on any atom is -0.396 e. The van der Waals surface area contributed by atoms with Gasteiger partial charge < -0.3 is 10.4 Å². The Labute approximate surface area is 82.7 Å². The lowest BCUT2D eigenvalue weighted by molar-refractivity contribution is 0.240. The lowest BCUT2D eigenvalue weighted by atomic mass is 9.88. The summed E-state index contributed by atoms with van der Waals surface area (Å²) in [5, 5.41) is 12.2. The molecule has 2 heteroatoms. The second-order valence-electron chi connectivity index (χ2n) is 5.11. The molecular weight excluding hydrogens is 162 g/mol. The lowest BCUT2D eigenvalue weighted by Gasteiger charge is -2.29. The maximum absolute atomic E-state index is 8.73. The predicted molar refractivity (Wildman–Crippen MR) is 57.8 cm³/mol. The molecule has 0 saturated heterocycles. The average Bonchev–Trinajstić information content (AvgIpc) is 1.99. The zero-order chi connectivity index (χ0) is 10.5. The summed E-state index contributed by atoms with van der Waals surface area (Å²) in [5.74, 6) is 0.565. The highest BCUT2D eigenvalue weighted by atomic mass is 16.3. The van der Waals surface area contributed by atoms with Crippen LogP contribution in [0.3, 0.4) is 0 Å². The van der Waals surface area contributed by atoms with Gasteiger partial charge in [0.2, 0.25) is 0 Å². The van der Waals surface area contributed by atoms with E-state index in [0.29, 0.717) is 24.0 Å². The van der Waals surface area contributed by atoms with Gasteiger partial charge >= 0.3 is 0 Å². The van der Waals surface area contributed by atoms with E-state index in [2.05, 4.69) is 39.9 Å². The van der Waals surface area contributed by atoms with Gasteiger partial charge in [-0.2, -0.15) is 0 Å². The Morgan fingerprint density at radius 2 is 1.77 bits per heavy atom. The van der Waals surface area contributed by atoms with Crippen LogP contribution in [0.5, 0.6) is 0 Å². The van der Waals surface area contributed by atoms with Crippen LogP contribution in [0.15, 0.2) is 0 Å². The Kier molecular flexibility index (Phi) is 5.57. The van der Waals surface area contributed by atoms with E-state index in [1.807, 2.05) is 0 Å². The van der Waals surface area contributed by atoms with Gasteiger partial charge in [0.05, 0.1) is 0 Å². The molecule has 13 heavy (non-hydrogen) atoms. The highest BCUT2D eigenvalue weighted by Gasteiger charge is 2.19. The minimum absolute atomic E-state index is 0.298. The molecule has 2 N–H and O–H groups in total. The second-order valence-corrected chi connectivity index (χ2v) is 5.11. The number of hydrogen-bond acceptors (Lipinski definition) is 2. The summed E-state index contributed by atoms with van der Waals surface area (Å²) >= 11 is 0.